The van der Waals surface area contributed by atoms with Crippen LogP contribution in [0.15, 0.2) is 72.8 Å². The summed E-state index contributed by atoms with van der Waals surface area (Å²) in [4.78, 5) is 37.1. The number of esters is 1. The SMILES string of the molecule is Cc1cccc(NC(=O)COC(=O)c2ccccc2NC(=O)c2ccccc2)c1C. The summed E-state index contributed by atoms with van der Waals surface area (Å²) in [6.07, 6.45) is 0. The zero-order valence-corrected chi connectivity index (χ0v) is 16.8. The predicted molar refractivity (Wildman–Crippen MR) is 116 cm³/mol. The lowest BCUT2D eigenvalue weighted by Gasteiger charge is -2.12. The molecule has 2 N–H and O–H groups in total. The molecule has 0 aromatic heterocycles. The number of para-hydroxylation sites is 1. The third-order valence-electron chi connectivity index (χ3n) is 4.64. The molecule has 0 fully saturated rings. The van der Waals surface area contributed by atoms with E-state index in [1.165, 1.54) is 6.07 Å². The van der Waals surface area contributed by atoms with Crippen LogP contribution in [-0.4, -0.2) is 24.4 Å². The lowest BCUT2D eigenvalue weighted by Crippen LogP contribution is -2.22. The van der Waals surface area contributed by atoms with E-state index in [1.54, 1.807) is 48.5 Å². The summed E-state index contributed by atoms with van der Waals surface area (Å²) in [6, 6.07) is 20.7. The first kappa shape index (κ1) is 20.8. The predicted octanol–water partition coefficient (Wildman–Crippen LogP) is 4.35. The van der Waals surface area contributed by atoms with Crippen LogP contribution in [-0.2, 0) is 9.53 Å². The number of carbonyl (C=O) groups is 3. The fourth-order valence-corrected chi connectivity index (χ4v) is 2.84. The number of aryl methyl sites for hydroxylation is 1. The zero-order chi connectivity index (χ0) is 21.5. The molecule has 0 saturated heterocycles. The average molecular weight is 402 g/mol. The summed E-state index contributed by atoms with van der Waals surface area (Å²) in [5.74, 6) is -1.48. The van der Waals surface area contributed by atoms with Crippen LogP contribution in [0.3, 0.4) is 0 Å². The minimum absolute atomic E-state index is 0.168. The fraction of sp³-hybridized carbons (Fsp3) is 0.125. The summed E-state index contributed by atoms with van der Waals surface area (Å²) in [5.41, 5.74) is 3.62. The molecule has 2 amide bonds. The van der Waals surface area contributed by atoms with Gasteiger partial charge in [-0.3, -0.25) is 9.59 Å². The van der Waals surface area contributed by atoms with Crippen molar-refractivity contribution in [3.63, 3.8) is 0 Å². The van der Waals surface area contributed by atoms with Crippen LogP contribution in [0.1, 0.15) is 31.8 Å². The minimum Gasteiger partial charge on any atom is -0.452 e. The maximum atomic E-state index is 12.5. The van der Waals surface area contributed by atoms with Crippen LogP contribution >= 0.6 is 0 Å². The first-order valence-electron chi connectivity index (χ1n) is 9.44. The van der Waals surface area contributed by atoms with Gasteiger partial charge in [0.1, 0.15) is 0 Å². The van der Waals surface area contributed by atoms with Gasteiger partial charge >= 0.3 is 5.97 Å². The molecule has 0 saturated carbocycles. The smallest absolute Gasteiger partial charge is 0.340 e. The van der Waals surface area contributed by atoms with Gasteiger partial charge in [-0.25, -0.2) is 4.79 Å². The number of benzene rings is 3. The molecule has 6 heteroatoms. The summed E-state index contributed by atoms with van der Waals surface area (Å²) < 4.78 is 5.16. The molecule has 0 atom stereocenters. The maximum absolute atomic E-state index is 12.5. The zero-order valence-electron chi connectivity index (χ0n) is 16.8. The van der Waals surface area contributed by atoms with Crippen molar-refractivity contribution in [2.75, 3.05) is 17.2 Å². The molecule has 0 heterocycles. The monoisotopic (exact) mass is 402 g/mol. The van der Waals surface area contributed by atoms with Crippen molar-refractivity contribution in [1.29, 1.82) is 0 Å². The van der Waals surface area contributed by atoms with E-state index in [2.05, 4.69) is 10.6 Å². The molecule has 0 aliphatic heterocycles. The summed E-state index contributed by atoms with van der Waals surface area (Å²) >= 11 is 0. The highest BCUT2D eigenvalue weighted by Gasteiger charge is 2.17. The molecule has 0 radical (unpaired) electrons. The number of rotatable bonds is 6. The third-order valence-corrected chi connectivity index (χ3v) is 4.64. The molecule has 0 aliphatic rings. The van der Waals surface area contributed by atoms with Gasteiger partial charge in [0.2, 0.25) is 0 Å². The van der Waals surface area contributed by atoms with Gasteiger partial charge < -0.3 is 15.4 Å². The quantitative estimate of drug-likeness (QED) is 0.601. The molecule has 3 aromatic carbocycles. The first-order chi connectivity index (χ1) is 14.5. The van der Waals surface area contributed by atoms with Crippen LogP contribution in [0.4, 0.5) is 11.4 Å². The molecule has 3 rings (SSSR count). The Labute approximate surface area is 174 Å². The van der Waals surface area contributed by atoms with Crippen molar-refractivity contribution in [2.24, 2.45) is 0 Å². The van der Waals surface area contributed by atoms with Crippen molar-refractivity contribution >= 4 is 29.2 Å². The van der Waals surface area contributed by atoms with Gasteiger partial charge in [0.25, 0.3) is 11.8 Å². The largest absolute Gasteiger partial charge is 0.452 e. The highest BCUT2D eigenvalue weighted by Crippen LogP contribution is 2.19. The van der Waals surface area contributed by atoms with Crippen LogP contribution in [0.5, 0.6) is 0 Å². The molecule has 0 unspecified atom stereocenters. The van der Waals surface area contributed by atoms with Gasteiger partial charge in [0, 0.05) is 11.3 Å². The highest BCUT2D eigenvalue weighted by molar-refractivity contribution is 6.08. The van der Waals surface area contributed by atoms with E-state index in [1.807, 2.05) is 32.0 Å². The second-order valence-corrected chi connectivity index (χ2v) is 6.74. The molecule has 0 aliphatic carbocycles. The van der Waals surface area contributed by atoms with Crippen LogP contribution in [0.2, 0.25) is 0 Å². The van der Waals surface area contributed by atoms with Crippen molar-refractivity contribution in [1.82, 2.24) is 0 Å². The normalized spacial score (nSPS) is 10.2. The molecular formula is C24H22N2O4. The van der Waals surface area contributed by atoms with E-state index in [-0.39, 0.29) is 11.5 Å². The van der Waals surface area contributed by atoms with Crippen molar-refractivity contribution in [2.45, 2.75) is 13.8 Å². The van der Waals surface area contributed by atoms with Crippen LogP contribution in [0.25, 0.3) is 0 Å². The third kappa shape index (κ3) is 5.11. The summed E-state index contributed by atoms with van der Waals surface area (Å²) in [5, 5.41) is 5.45. The van der Waals surface area contributed by atoms with Crippen molar-refractivity contribution in [3.8, 4) is 0 Å². The molecule has 152 valence electrons. The number of nitrogens with one attached hydrogen (secondary N) is 2. The Balaban J connectivity index is 1.64. The van der Waals surface area contributed by atoms with Gasteiger partial charge in [-0.1, -0.05) is 42.5 Å². The van der Waals surface area contributed by atoms with E-state index in [4.69, 9.17) is 4.74 Å². The van der Waals surface area contributed by atoms with E-state index >= 15 is 0 Å². The van der Waals surface area contributed by atoms with Gasteiger partial charge in [0.15, 0.2) is 6.61 Å². The Kier molecular flexibility index (Phi) is 6.60. The van der Waals surface area contributed by atoms with E-state index < -0.39 is 18.5 Å². The van der Waals surface area contributed by atoms with E-state index in [0.29, 0.717) is 16.9 Å². The number of amides is 2. The Morgan fingerprint density at radius 2 is 1.43 bits per heavy atom. The molecule has 30 heavy (non-hydrogen) atoms. The van der Waals surface area contributed by atoms with Crippen LogP contribution in [0, 0.1) is 13.8 Å². The second kappa shape index (κ2) is 9.52. The number of hydrogen-bond acceptors (Lipinski definition) is 4. The van der Waals surface area contributed by atoms with Crippen LogP contribution < -0.4 is 10.6 Å². The van der Waals surface area contributed by atoms with Gasteiger partial charge in [-0.2, -0.15) is 0 Å². The number of anilines is 2. The maximum Gasteiger partial charge on any atom is 0.340 e. The Morgan fingerprint density at radius 1 is 0.767 bits per heavy atom. The molecular weight excluding hydrogens is 380 g/mol. The molecule has 3 aromatic rings. The number of ether oxygens (including phenoxy) is 1. The van der Waals surface area contributed by atoms with Gasteiger partial charge in [-0.05, 0) is 55.3 Å². The van der Waals surface area contributed by atoms with Crippen molar-refractivity contribution < 1.29 is 19.1 Å². The summed E-state index contributed by atoms with van der Waals surface area (Å²) in [6.45, 7) is 3.42. The lowest BCUT2D eigenvalue weighted by molar-refractivity contribution is -0.119. The number of carbonyl (C=O) groups excluding carboxylic acids is 3. The molecule has 0 bridgehead atoms. The fourth-order valence-electron chi connectivity index (χ4n) is 2.84. The van der Waals surface area contributed by atoms with E-state index in [0.717, 1.165) is 11.1 Å². The number of hydrogen-bond donors (Lipinski definition) is 2. The Bertz CT molecular complexity index is 1080. The molecule has 0 spiro atoms. The topological polar surface area (TPSA) is 84.5 Å². The Morgan fingerprint density at radius 3 is 2.20 bits per heavy atom. The average Bonchev–Trinajstić information content (AvgIpc) is 2.76. The summed E-state index contributed by atoms with van der Waals surface area (Å²) in [7, 11) is 0. The molecule has 6 nitrogen and oxygen atoms in total. The first-order valence-corrected chi connectivity index (χ1v) is 9.44. The highest BCUT2D eigenvalue weighted by atomic mass is 16.5. The lowest BCUT2D eigenvalue weighted by atomic mass is 10.1. The van der Waals surface area contributed by atoms with Gasteiger partial charge in [-0.15, -0.1) is 0 Å². The van der Waals surface area contributed by atoms with E-state index in [9.17, 15) is 14.4 Å². The minimum atomic E-state index is -0.699. The van der Waals surface area contributed by atoms with Crippen molar-refractivity contribution in [3.05, 3.63) is 95.1 Å². The van der Waals surface area contributed by atoms with Gasteiger partial charge in [0.05, 0.1) is 11.3 Å². The second-order valence-electron chi connectivity index (χ2n) is 6.74. The standard InChI is InChI=1S/C24H22N2O4/c1-16-9-8-14-20(17(16)2)25-22(27)15-30-24(29)19-12-6-7-13-21(19)26-23(28)18-10-4-3-5-11-18/h3-14H,15H2,1-2H3,(H,25,27)(H,26,28). The Hall–Kier alpha value is -3.93.